The van der Waals surface area contributed by atoms with Crippen molar-refractivity contribution >= 4 is 35.6 Å². The van der Waals surface area contributed by atoms with Gasteiger partial charge >= 0.3 is 0 Å². The second-order valence-corrected chi connectivity index (χ2v) is 11.8. The first-order chi connectivity index (χ1) is 6.92. The van der Waals surface area contributed by atoms with E-state index >= 15 is 0 Å². The molecule has 0 N–H and O–H groups in total. The van der Waals surface area contributed by atoms with Gasteiger partial charge in [-0.15, -0.1) is 0 Å². The first-order valence-corrected chi connectivity index (χ1v) is 10.4. The quantitative estimate of drug-likeness (QED) is 0.532. The van der Waals surface area contributed by atoms with Gasteiger partial charge in [-0.25, -0.2) is 0 Å². The van der Waals surface area contributed by atoms with Crippen molar-refractivity contribution in [3.05, 3.63) is 34.9 Å². The highest BCUT2D eigenvalue weighted by atomic mass is 79.9. The summed E-state index contributed by atoms with van der Waals surface area (Å²) in [4.78, 5) is 0. The second-order valence-electron chi connectivity index (χ2n) is 5.17. The minimum Gasteiger partial charge on any atom is -0.0922 e. The predicted molar refractivity (Wildman–Crippen MR) is 76.1 cm³/mol. The van der Waals surface area contributed by atoms with Gasteiger partial charge in [-0.1, -0.05) is 59.3 Å². The minimum atomic E-state index is -1.01. The molecular weight excluding hydrogens is 288 g/mol. The molecule has 0 heterocycles. The highest BCUT2D eigenvalue weighted by Gasteiger charge is 2.20. The lowest BCUT2D eigenvalue weighted by Gasteiger charge is -2.23. The van der Waals surface area contributed by atoms with Crippen LogP contribution in [-0.2, 0) is 0 Å². The van der Waals surface area contributed by atoms with Crippen LogP contribution in [0.1, 0.15) is 11.5 Å². The number of halogens is 2. The monoisotopic (exact) mass is 304 g/mol. The molecule has 15 heavy (non-hydrogen) atoms. The fourth-order valence-corrected chi connectivity index (χ4v) is 4.84. The Hall–Kier alpha value is 0.207. The van der Waals surface area contributed by atoms with Gasteiger partial charge in [-0.2, -0.15) is 0 Å². The van der Waals surface area contributed by atoms with Gasteiger partial charge < -0.3 is 0 Å². The molecule has 0 bridgehead atoms. The Morgan fingerprint density at radius 3 is 2.47 bits per heavy atom. The van der Waals surface area contributed by atoms with Gasteiger partial charge in [0, 0.05) is 18.4 Å². The Kier molecular flexibility index (Phi) is 4.88. The van der Waals surface area contributed by atoms with E-state index in [0.29, 0.717) is 5.92 Å². The molecule has 0 radical (unpaired) electrons. The summed E-state index contributed by atoms with van der Waals surface area (Å²) in [5.74, 6) is 0.607. The first-order valence-electron chi connectivity index (χ1n) is 5.24. The Balaban J connectivity index is 2.83. The summed E-state index contributed by atoms with van der Waals surface area (Å²) in [6.45, 7) is 7.23. The molecule has 0 aliphatic carbocycles. The third-order valence-corrected chi connectivity index (χ3v) is 5.10. The van der Waals surface area contributed by atoms with Crippen molar-refractivity contribution in [3.63, 3.8) is 0 Å². The molecule has 0 aliphatic heterocycles. The maximum atomic E-state index is 6.01. The van der Waals surface area contributed by atoms with E-state index < -0.39 is 8.07 Å². The molecule has 1 aromatic carbocycles. The van der Waals surface area contributed by atoms with E-state index in [-0.39, 0.29) is 0 Å². The van der Waals surface area contributed by atoms with Crippen LogP contribution in [0.25, 0.3) is 0 Å². The lowest BCUT2D eigenvalue weighted by Crippen LogP contribution is -2.23. The largest absolute Gasteiger partial charge is 0.0922 e. The molecule has 1 aromatic rings. The molecule has 1 rings (SSSR count). The average molecular weight is 306 g/mol. The molecule has 0 nitrogen and oxygen atoms in total. The Morgan fingerprint density at radius 2 is 2.00 bits per heavy atom. The number of hydrogen-bond donors (Lipinski definition) is 0. The van der Waals surface area contributed by atoms with Gasteiger partial charge in [-0.3, -0.25) is 0 Å². The van der Waals surface area contributed by atoms with Gasteiger partial charge in [0.1, 0.15) is 0 Å². The molecule has 0 aromatic heterocycles. The standard InChI is InChI=1S/C12H18BrClSi/c1-15(2,3)9-11(8-13)10-5-4-6-12(14)7-10/h4-7,11H,8-9H2,1-3H3. The fourth-order valence-electron chi connectivity index (χ4n) is 1.76. The SMILES string of the molecule is C[Si](C)(C)CC(CBr)c1cccc(Cl)c1. The molecule has 1 unspecified atom stereocenters. The van der Waals surface area contributed by atoms with Crippen molar-refractivity contribution in [2.45, 2.75) is 31.6 Å². The zero-order valence-electron chi connectivity index (χ0n) is 9.56. The Labute approximate surface area is 107 Å². The third kappa shape index (κ3) is 4.71. The summed E-state index contributed by atoms with van der Waals surface area (Å²) < 4.78 is 0. The summed E-state index contributed by atoms with van der Waals surface area (Å²) >= 11 is 9.62. The molecular formula is C12H18BrClSi. The third-order valence-electron chi connectivity index (χ3n) is 2.37. The summed E-state index contributed by atoms with van der Waals surface area (Å²) in [5.41, 5.74) is 1.36. The summed E-state index contributed by atoms with van der Waals surface area (Å²) in [6, 6.07) is 9.55. The Morgan fingerprint density at radius 1 is 1.33 bits per heavy atom. The van der Waals surface area contributed by atoms with Gasteiger partial charge in [0.05, 0.1) is 0 Å². The van der Waals surface area contributed by atoms with Crippen molar-refractivity contribution in [1.29, 1.82) is 0 Å². The fraction of sp³-hybridized carbons (Fsp3) is 0.500. The van der Waals surface area contributed by atoms with Crippen molar-refractivity contribution in [2.24, 2.45) is 0 Å². The van der Waals surface area contributed by atoms with Gasteiger partial charge in [0.15, 0.2) is 0 Å². The molecule has 3 heteroatoms. The van der Waals surface area contributed by atoms with Crippen LogP contribution < -0.4 is 0 Å². The predicted octanol–water partition coefficient (Wildman–Crippen LogP) is 5.16. The van der Waals surface area contributed by atoms with Crippen molar-refractivity contribution in [1.82, 2.24) is 0 Å². The number of rotatable bonds is 4. The van der Waals surface area contributed by atoms with Crippen LogP contribution >= 0.6 is 27.5 Å². The van der Waals surface area contributed by atoms with Crippen LogP contribution in [0.3, 0.4) is 0 Å². The van der Waals surface area contributed by atoms with Gasteiger partial charge in [0.25, 0.3) is 0 Å². The summed E-state index contributed by atoms with van der Waals surface area (Å²) in [7, 11) is -1.01. The van der Waals surface area contributed by atoms with E-state index in [2.05, 4.69) is 47.7 Å². The maximum absolute atomic E-state index is 6.01. The zero-order valence-corrected chi connectivity index (χ0v) is 12.9. The van der Waals surface area contributed by atoms with E-state index in [4.69, 9.17) is 11.6 Å². The van der Waals surface area contributed by atoms with E-state index in [1.165, 1.54) is 11.6 Å². The average Bonchev–Trinajstić information content (AvgIpc) is 2.13. The number of benzene rings is 1. The minimum absolute atomic E-state index is 0.607. The highest BCUT2D eigenvalue weighted by molar-refractivity contribution is 9.09. The van der Waals surface area contributed by atoms with Crippen LogP contribution in [0.15, 0.2) is 24.3 Å². The van der Waals surface area contributed by atoms with Gasteiger partial charge in [0.2, 0.25) is 0 Å². The van der Waals surface area contributed by atoms with E-state index in [1.54, 1.807) is 0 Å². The molecule has 0 saturated carbocycles. The smallest absolute Gasteiger partial charge is 0.0449 e. The van der Waals surface area contributed by atoms with Crippen molar-refractivity contribution < 1.29 is 0 Å². The molecule has 0 spiro atoms. The summed E-state index contributed by atoms with van der Waals surface area (Å²) in [6.07, 6.45) is 0. The number of hydrogen-bond acceptors (Lipinski definition) is 0. The molecule has 1 atom stereocenters. The first kappa shape index (κ1) is 13.3. The summed E-state index contributed by atoms with van der Waals surface area (Å²) in [5, 5.41) is 1.87. The van der Waals surface area contributed by atoms with Crippen molar-refractivity contribution in [2.75, 3.05) is 5.33 Å². The van der Waals surface area contributed by atoms with Crippen LogP contribution in [0.2, 0.25) is 30.7 Å². The maximum Gasteiger partial charge on any atom is 0.0449 e. The van der Waals surface area contributed by atoms with E-state index in [9.17, 15) is 0 Å². The molecule has 0 aliphatic rings. The van der Waals surface area contributed by atoms with Crippen LogP contribution in [0.5, 0.6) is 0 Å². The van der Waals surface area contributed by atoms with Crippen molar-refractivity contribution in [3.8, 4) is 0 Å². The van der Waals surface area contributed by atoms with Crippen LogP contribution in [-0.4, -0.2) is 13.4 Å². The lowest BCUT2D eigenvalue weighted by molar-refractivity contribution is 0.865. The second kappa shape index (κ2) is 5.51. The molecule has 84 valence electrons. The normalized spacial score (nSPS) is 13.9. The highest BCUT2D eigenvalue weighted by Crippen LogP contribution is 2.29. The van der Waals surface area contributed by atoms with Crippen LogP contribution in [0.4, 0.5) is 0 Å². The molecule has 0 amide bonds. The topological polar surface area (TPSA) is 0 Å². The molecule has 0 fully saturated rings. The lowest BCUT2D eigenvalue weighted by atomic mass is 10.0. The van der Waals surface area contributed by atoms with Gasteiger partial charge in [-0.05, 0) is 29.7 Å². The number of alkyl halides is 1. The van der Waals surface area contributed by atoms with E-state index in [1.807, 2.05) is 12.1 Å². The molecule has 0 saturated heterocycles. The Bertz CT molecular complexity index is 320. The zero-order chi connectivity index (χ0) is 11.5. The van der Waals surface area contributed by atoms with Crippen LogP contribution in [0, 0.1) is 0 Å². The van der Waals surface area contributed by atoms with E-state index in [0.717, 1.165) is 10.4 Å².